The van der Waals surface area contributed by atoms with E-state index in [-0.39, 0.29) is 12.0 Å². The number of fused-ring (bicyclic) bond motifs is 1. The van der Waals surface area contributed by atoms with Crippen LogP contribution >= 0.6 is 0 Å². The number of carbonyl (C=O) groups is 2. The standard InChI is InChI=1S/C26H32N4O3/c1-18-9-10-23-21(14-18)22(15-19(2)29-23)24(31)28-12-7-13-30(25(32)33-26(3,4)5)17-20-8-6-11-27-16-20/h6,8-11,14-16H,7,12-13,17H2,1-5H3,(H,28,31). The number of ether oxygens (including phenoxy) is 1. The molecule has 0 saturated carbocycles. The summed E-state index contributed by atoms with van der Waals surface area (Å²) in [7, 11) is 0. The summed E-state index contributed by atoms with van der Waals surface area (Å²) in [5.41, 5.74) is 3.62. The van der Waals surface area contributed by atoms with Gasteiger partial charge in [-0.3, -0.25) is 14.8 Å². The first kappa shape index (κ1) is 24.2. The minimum absolute atomic E-state index is 0.146. The van der Waals surface area contributed by atoms with Crippen LogP contribution in [0.5, 0.6) is 0 Å². The van der Waals surface area contributed by atoms with Gasteiger partial charge in [0, 0.05) is 36.6 Å². The van der Waals surface area contributed by atoms with Crippen molar-refractivity contribution in [2.24, 2.45) is 0 Å². The number of amides is 2. The zero-order valence-corrected chi connectivity index (χ0v) is 20.0. The van der Waals surface area contributed by atoms with Crippen molar-refractivity contribution in [1.82, 2.24) is 20.2 Å². The summed E-state index contributed by atoms with van der Waals surface area (Å²) < 4.78 is 5.56. The second kappa shape index (κ2) is 10.4. The third kappa shape index (κ3) is 7.00. The average molecular weight is 449 g/mol. The fourth-order valence-electron chi connectivity index (χ4n) is 3.50. The van der Waals surface area contributed by atoms with Gasteiger partial charge in [-0.05, 0) is 70.9 Å². The van der Waals surface area contributed by atoms with Crippen molar-refractivity contribution in [2.45, 2.75) is 53.2 Å². The van der Waals surface area contributed by atoms with Gasteiger partial charge in [0.05, 0.1) is 17.6 Å². The maximum atomic E-state index is 12.9. The van der Waals surface area contributed by atoms with Crippen LogP contribution in [-0.4, -0.2) is 45.6 Å². The van der Waals surface area contributed by atoms with E-state index in [9.17, 15) is 9.59 Å². The molecule has 1 aromatic carbocycles. The summed E-state index contributed by atoms with van der Waals surface area (Å²) in [6.07, 6.45) is 3.64. The molecule has 0 aliphatic heterocycles. The third-order valence-electron chi connectivity index (χ3n) is 4.98. The number of rotatable bonds is 7. The number of benzene rings is 1. The van der Waals surface area contributed by atoms with Crippen molar-refractivity contribution >= 4 is 22.9 Å². The topological polar surface area (TPSA) is 84.4 Å². The van der Waals surface area contributed by atoms with E-state index >= 15 is 0 Å². The molecule has 0 unspecified atom stereocenters. The molecule has 33 heavy (non-hydrogen) atoms. The molecule has 0 spiro atoms. The zero-order valence-electron chi connectivity index (χ0n) is 20.0. The van der Waals surface area contributed by atoms with Crippen LogP contribution in [0.25, 0.3) is 10.9 Å². The molecule has 0 bridgehead atoms. The Morgan fingerprint density at radius 1 is 1.12 bits per heavy atom. The quantitative estimate of drug-likeness (QED) is 0.525. The van der Waals surface area contributed by atoms with E-state index in [0.29, 0.717) is 31.6 Å². The first-order valence-electron chi connectivity index (χ1n) is 11.2. The first-order chi connectivity index (χ1) is 15.6. The lowest BCUT2D eigenvalue weighted by atomic mass is 10.0. The lowest BCUT2D eigenvalue weighted by Gasteiger charge is -2.27. The molecular formula is C26H32N4O3. The number of carbonyl (C=O) groups excluding carboxylic acids is 2. The molecule has 1 N–H and O–H groups in total. The Kier molecular flexibility index (Phi) is 7.63. The molecule has 2 amide bonds. The van der Waals surface area contributed by atoms with Crippen molar-refractivity contribution < 1.29 is 14.3 Å². The van der Waals surface area contributed by atoms with Gasteiger partial charge in [-0.1, -0.05) is 17.7 Å². The number of aromatic nitrogens is 2. The van der Waals surface area contributed by atoms with E-state index in [2.05, 4.69) is 15.3 Å². The molecule has 174 valence electrons. The van der Waals surface area contributed by atoms with E-state index in [1.807, 2.05) is 71.0 Å². The maximum absolute atomic E-state index is 12.9. The largest absolute Gasteiger partial charge is 0.444 e. The summed E-state index contributed by atoms with van der Waals surface area (Å²) in [5.74, 6) is -0.146. The first-order valence-corrected chi connectivity index (χ1v) is 11.2. The Hall–Kier alpha value is -3.48. The summed E-state index contributed by atoms with van der Waals surface area (Å²) >= 11 is 0. The molecule has 3 rings (SSSR count). The van der Waals surface area contributed by atoms with Gasteiger partial charge < -0.3 is 15.0 Å². The summed E-state index contributed by atoms with van der Waals surface area (Å²) in [6.45, 7) is 10.7. The molecule has 0 aliphatic rings. The number of hydrogen-bond donors (Lipinski definition) is 1. The molecule has 0 atom stereocenters. The fourth-order valence-corrected chi connectivity index (χ4v) is 3.50. The van der Waals surface area contributed by atoms with Crippen LogP contribution in [0.2, 0.25) is 0 Å². The fraction of sp³-hybridized carbons (Fsp3) is 0.385. The normalized spacial score (nSPS) is 11.3. The highest BCUT2D eigenvalue weighted by molar-refractivity contribution is 6.06. The van der Waals surface area contributed by atoms with Gasteiger partial charge in [0.25, 0.3) is 5.91 Å². The summed E-state index contributed by atoms with van der Waals surface area (Å²) in [4.78, 5) is 35.9. The Morgan fingerprint density at radius 2 is 1.91 bits per heavy atom. The minimum Gasteiger partial charge on any atom is -0.444 e. The van der Waals surface area contributed by atoms with Gasteiger partial charge in [0.15, 0.2) is 0 Å². The highest BCUT2D eigenvalue weighted by Crippen LogP contribution is 2.20. The Bertz CT molecular complexity index is 1120. The van der Waals surface area contributed by atoms with Crippen LogP contribution < -0.4 is 5.32 Å². The molecule has 0 saturated heterocycles. The van der Waals surface area contributed by atoms with Crippen molar-refractivity contribution in [3.63, 3.8) is 0 Å². The highest BCUT2D eigenvalue weighted by atomic mass is 16.6. The minimum atomic E-state index is -0.586. The van der Waals surface area contributed by atoms with Crippen LogP contribution in [0.4, 0.5) is 4.79 Å². The Morgan fingerprint density at radius 3 is 2.61 bits per heavy atom. The van der Waals surface area contributed by atoms with E-state index in [4.69, 9.17) is 4.74 Å². The summed E-state index contributed by atoms with van der Waals surface area (Å²) in [6, 6.07) is 11.5. The third-order valence-corrected chi connectivity index (χ3v) is 4.98. The predicted octanol–water partition coefficient (Wildman–Crippen LogP) is 4.80. The van der Waals surface area contributed by atoms with E-state index < -0.39 is 5.60 Å². The van der Waals surface area contributed by atoms with Crippen LogP contribution in [0, 0.1) is 13.8 Å². The van der Waals surface area contributed by atoms with E-state index in [1.54, 1.807) is 17.3 Å². The molecule has 2 aromatic heterocycles. The molecular weight excluding hydrogens is 416 g/mol. The second-order valence-electron chi connectivity index (χ2n) is 9.20. The number of hydrogen-bond acceptors (Lipinski definition) is 5. The zero-order chi connectivity index (χ0) is 24.0. The van der Waals surface area contributed by atoms with Crippen molar-refractivity contribution in [2.75, 3.05) is 13.1 Å². The van der Waals surface area contributed by atoms with Gasteiger partial charge in [-0.2, -0.15) is 0 Å². The summed E-state index contributed by atoms with van der Waals surface area (Å²) in [5, 5.41) is 3.82. The van der Waals surface area contributed by atoms with Crippen molar-refractivity contribution in [1.29, 1.82) is 0 Å². The molecule has 7 heteroatoms. The Labute approximate surface area is 195 Å². The van der Waals surface area contributed by atoms with Gasteiger partial charge >= 0.3 is 6.09 Å². The van der Waals surface area contributed by atoms with Gasteiger partial charge in [-0.25, -0.2) is 4.79 Å². The van der Waals surface area contributed by atoms with Crippen molar-refractivity contribution in [3.8, 4) is 0 Å². The highest BCUT2D eigenvalue weighted by Gasteiger charge is 2.22. The van der Waals surface area contributed by atoms with Crippen LogP contribution in [0.15, 0.2) is 48.8 Å². The second-order valence-corrected chi connectivity index (χ2v) is 9.20. The van der Waals surface area contributed by atoms with Crippen LogP contribution in [0.1, 0.15) is 54.4 Å². The average Bonchev–Trinajstić information content (AvgIpc) is 2.75. The van der Waals surface area contributed by atoms with Crippen molar-refractivity contribution in [3.05, 3.63) is 71.2 Å². The molecule has 0 fully saturated rings. The van der Waals surface area contributed by atoms with Gasteiger partial charge in [0.1, 0.15) is 5.60 Å². The number of aryl methyl sites for hydroxylation is 2. The molecule has 0 aliphatic carbocycles. The maximum Gasteiger partial charge on any atom is 0.410 e. The number of nitrogens with zero attached hydrogens (tertiary/aromatic N) is 3. The lowest BCUT2D eigenvalue weighted by molar-refractivity contribution is 0.0232. The lowest BCUT2D eigenvalue weighted by Crippen LogP contribution is -2.38. The molecule has 2 heterocycles. The number of nitrogens with one attached hydrogen (secondary N) is 1. The van der Waals surface area contributed by atoms with Crippen LogP contribution in [-0.2, 0) is 11.3 Å². The molecule has 3 aromatic rings. The van der Waals surface area contributed by atoms with Gasteiger partial charge in [-0.15, -0.1) is 0 Å². The van der Waals surface area contributed by atoms with Gasteiger partial charge in [0.2, 0.25) is 0 Å². The SMILES string of the molecule is Cc1ccc2nc(C)cc(C(=O)NCCCN(Cc3cccnc3)C(=O)OC(C)(C)C)c2c1. The molecule has 7 nitrogen and oxygen atoms in total. The monoisotopic (exact) mass is 448 g/mol. The predicted molar refractivity (Wildman–Crippen MR) is 129 cm³/mol. The Balaban J connectivity index is 1.64. The molecule has 0 radical (unpaired) electrons. The van der Waals surface area contributed by atoms with E-state index in [1.165, 1.54) is 0 Å². The smallest absolute Gasteiger partial charge is 0.410 e. The van der Waals surface area contributed by atoms with E-state index in [0.717, 1.165) is 27.7 Å². The number of pyridine rings is 2. The van der Waals surface area contributed by atoms with Crippen LogP contribution in [0.3, 0.4) is 0 Å².